The van der Waals surface area contributed by atoms with Crippen LogP contribution in [0, 0.1) is 0 Å². The normalized spacial score (nSPS) is 23.9. The summed E-state index contributed by atoms with van der Waals surface area (Å²) in [6, 6.07) is 26.8. The molecule has 56 heavy (non-hydrogen) atoms. The number of nitrogens with zero attached hydrogens (tertiary/aromatic N) is 4. The summed E-state index contributed by atoms with van der Waals surface area (Å²) in [7, 11) is -16.2. The number of anilines is 2. The Morgan fingerprint density at radius 3 is 2.18 bits per heavy atom. The van der Waals surface area contributed by atoms with Gasteiger partial charge in [-0.25, -0.2) is 28.6 Å². The Balaban J connectivity index is 1.11. The zero-order chi connectivity index (χ0) is 39.3. The summed E-state index contributed by atoms with van der Waals surface area (Å²) in [4.78, 5) is 45.0. The molecule has 2 aliphatic heterocycles. The zero-order valence-electron chi connectivity index (χ0n) is 29.7. The van der Waals surface area contributed by atoms with Gasteiger partial charge in [0.1, 0.15) is 18.3 Å². The van der Waals surface area contributed by atoms with Crippen molar-refractivity contribution in [3.05, 3.63) is 108 Å². The molecule has 22 heteroatoms. The predicted molar refractivity (Wildman–Crippen MR) is 205 cm³/mol. The van der Waals surface area contributed by atoms with E-state index in [1.807, 2.05) is 65.8 Å². The number of phosphoric acid groups is 2. The van der Waals surface area contributed by atoms with Gasteiger partial charge in [-0.1, -0.05) is 97.5 Å². The summed E-state index contributed by atoms with van der Waals surface area (Å²) in [5.41, 5.74) is 2.94. The molecule has 298 valence electrons. The summed E-state index contributed by atoms with van der Waals surface area (Å²) < 4.78 is 72.7. The van der Waals surface area contributed by atoms with E-state index in [0.717, 1.165) is 23.3 Å². The summed E-state index contributed by atoms with van der Waals surface area (Å²) in [6.07, 6.45) is -1.65. The van der Waals surface area contributed by atoms with Crippen molar-refractivity contribution < 1.29 is 55.7 Å². The maximum Gasteiger partial charge on any atom is 0.489 e. The standard InChI is InChI=1S/C34H39N6O12P3S/c1-2-18-56-34-37-31(35-20-24-14-8-4-9-15-24)28-32(38-34)40(22-36-28)33-30-29(49-27(50-30)19-23-12-6-3-7-13-23)26(48-33)21-47-54(43,44)52-55(45,46)51-53(41,42)39-25-16-10-5-11-17-25/h3-17,22,26-27,29-30,33H,2,18-21H2,1H3,(H,43,44)(H,45,46)(H,35,37,38)(H2,39,41,42)/t26-,27?,29+,30?,33-/m1/s1. The number of para-hydroxylation sites is 1. The molecule has 5 N–H and O–H groups in total. The second-order valence-electron chi connectivity index (χ2n) is 12.6. The molecule has 0 amide bonds. The van der Waals surface area contributed by atoms with Crippen LogP contribution >= 0.6 is 35.2 Å². The summed E-state index contributed by atoms with van der Waals surface area (Å²) in [5.74, 6) is 1.28. The average molecular weight is 849 g/mol. The van der Waals surface area contributed by atoms with Crippen LogP contribution < -0.4 is 10.4 Å². The van der Waals surface area contributed by atoms with Gasteiger partial charge in [-0.2, -0.15) is 8.62 Å². The van der Waals surface area contributed by atoms with Crippen LogP contribution in [0.15, 0.2) is 102 Å². The summed E-state index contributed by atoms with van der Waals surface area (Å²) in [6.45, 7) is 1.84. The number of imidazole rings is 1. The number of hydrogen-bond acceptors (Lipinski definition) is 14. The Morgan fingerprint density at radius 2 is 1.48 bits per heavy atom. The van der Waals surface area contributed by atoms with Gasteiger partial charge in [0, 0.05) is 24.4 Å². The first-order valence-electron chi connectivity index (χ1n) is 17.4. The van der Waals surface area contributed by atoms with E-state index in [0.29, 0.717) is 35.1 Å². The molecule has 2 aliphatic rings. The smallest absolute Gasteiger partial charge is 0.364 e. The first-order chi connectivity index (χ1) is 26.9. The van der Waals surface area contributed by atoms with E-state index in [2.05, 4.69) is 25.8 Å². The van der Waals surface area contributed by atoms with Crippen molar-refractivity contribution in [1.29, 1.82) is 0 Å². The molecule has 7 rings (SSSR count). The molecule has 0 aliphatic carbocycles. The van der Waals surface area contributed by atoms with Crippen LogP contribution in [0.1, 0.15) is 30.7 Å². The largest absolute Gasteiger partial charge is 0.489 e. The Labute approximate surface area is 325 Å². The molecular weight excluding hydrogens is 809 g/mol. The molecule has 2 saturated heterocycles. The van der Waals surface area contributed by atoms with E-state index in [1.54, 1.807) is 10.6 Å². The van der Waals surface area contributed by atoms with Crippen molar-refractivity contribution >= 4 is 57.8 Å². The van der Waals surface area contributed by atoms with Crippen molar-refractivity contribution in [3.8, 4) is 0 Å². The lowest BCUT2D eigenvalue weighted by atomic mass is 10.1. The van der Waals surface area contributed by atoms with Gasteiger partial charge in [0.15, 0.2) is 34.7 Å². The van der Waals surface area contributed by atoms with Crippen molar-refractivity contribution in [2.24, 2.45) is 0 Å². The van der Waals surface area contributed by atoms with Gasteiger partial charge in [-0.05, 0) is 29.7 Å². The maximum absolute atomic E-state index is 13.0. The van der Waals surface area contributed by atoms with Crippen molar-refractivity contribution in [3.63, 3.8) is 0 Å². The minimum atomic E-state index is -5.67. The average Bonchev–Trinajstić information content (AvgIpc) is 3.86. The van der Waals surface area contributed by atoms with Gasteiger partial charge in [-0.15, -0.1) is 0 Å². The number of rotatable bonds is 18. The SMILES string of the molecule is CCCSc1nc(NCc2ccccc2)c2ncn([C@@H]3O[C@H](COP(=O)(O)OP(=O)(O)OP(=O)(O)Nc4ccccc4)[C@@H]4OC(Cc5ccccc5)OC43)c2n1. The molecule has 8 atom stereocenters. The lowest BCUT2D eigenvalue weighted by Gasteiger charge is -2.23. The highest BCUT2D eigenvalue weighted by Gasteiger charge is 2.54. The minimum Gasteiger partial charge on any atom is -0.364 e. The molecule has 2 aromatic heterocycles. The molecule has 5 aromatic rings. The number of nitrogens with one attached hydrogen (secondary N) is 2. The minimum absolute atomic E-state index is 0.0707. The van der Waals surface area contributed by atoms with Crippen LogP contribution in [0.2, 0.25) is 0 Å². The Morgan fingerprint density at radius 1 is 0.821 bits per heavy atom. The first kappa shape index (κ1) is 40.7. The van der Waals surface area contributed by atoms with Crippen LogP contribution in [0.3, 0.4) is 0 Å². The number of benzene rings is 3. The van der Waals surface area contributed by atoms with E-state index in [1.165, 1.54) is 42.4 Å². The number of fused-ring (bicyclic) bond motifs is 2. The van der Waals surface area contributed by atoms with Crippen molar-refractivity contribution in [2.45, 2.75) is 62.3 Å². The van der Waals surface area contributed by atoms with Gasteiger partial charge in [-0.3, -0.25) is 14.2 Å². The molecule has 0 spiro atoms. The van der Waals surface area contributed by atoms with E-state index < -0.39 is 60.8 Å². The quantitative estimate of drug-likeness (QED) is 0.0352. The second kappa shape index (κ2) is 17.5. The van der Waals surface area contributed by atoms with E-state index >= 15 is 0 Å². The fourth-order valence-corrected chi connectivity index (χ4v) is 10.5. The summed E-state index contributed by atoms with van der Waals surface area (Å²) in [5, 5.41) is 5.92. The number of phosphoric ester groups is 1. The first-order valence-corrected chi connectivity index (χ1v) is 23.0. The Kier molecular flexibility index (Phi) is 12.7. The van der Waals surface area contributed by atoms with Crippen LogP contribution in [0.4, 0.5) is 11.5 Å². The van der Waals surface area contributed by atoms with Crippen LogP contribution in [0.5, 0.6) is 0 Å². The molecule has 0 radical (unpaired) electrons. The molecule has 2 fully saturated rings. The number of ether oxygens (including phenoxy) is 3. The molecule has 18 nitrogen and oxygen atoms in total. The topological polar surface area (TPSA) is 235 Å². The van der Waals surface area contributed by atoms with Gasteiger partial charge >= 0.3 is 23.4 Å². The third-order valence-electron chi connectivity index (χ3n) is 8.43. The van der Waals surface area contributed by atoms with Crippen molar-refractivity contribution in [2.75, 3.05) is 22.8 Å². The predicted octanol–water partition coefficient (Wildman–Crippen LogP) is 6.65. The summed E-state index contributed by atoms with van der Waals surface area (Å²) >= 11 is 1.48. The Bertz CT molecular complexity index is 2250. The lowest BCUT2D eigenvalue weighted by molar-refractivity contribution is -0.149. The highest BCUT2D eigenvalue weighted by Crippen LogP contribution is 2.67. The van der Waals surface area contributed by atoms with Crippen LogP contribution in [-0.4, -0.2) is 71.2 Å². The number of aromatic nitrogens is 4. The van der Waals surface area contributed by atoms with Crippen molar-refractivity contribution in [1.82, 2.24) is 19.5 Å². The lowest BCUT2D eigenvalue weighted by Crippen LogP contribution is -2.31. The number of hydrogen-bond donors (Lipinski definition) is 5. The van der Waals surface area contributed by atoms with Gasteiger partial charge < -0.3 is 34.2 Å². The Hall–Kier alpha value is -3.51. The monoisotopic (exact) mass is 848 g/mol. The van der Waals surface area contributed by atoms with Crippen LogP contribution in [0.25, 0.3) is 11.2 Å². The fourth-order valence-electron chi connectivity index (χ4n) is 6.08. The fraction of sp³-hybridized carbons (Fsp3) is 0.324. The highest BCUT2D eigenvalue weighted by molar-refractivity contribution is 7.99. The molecule has 0 saturated carbocycles. The van der Waals surface area contributed by atoms with E-state index in [4.69, 9.17) is 28.7 Å². The van der Waals surface area contributed by atoms with E-state index in [9.17, 15) is 28.4 Å². The highest BCUT2D eigenvalue weighted by atomic mass is 32.2. The number of thioether (sulfide) groups is 1. The van der Waals surface area contributed by atoms with Gasteiger partial charge in [0.2, 0.25) is 0 Å². The van der Waals surface area contributed by atoms with E-state index in [-0.39, 0.29) is 5.69 Å². The molecule has 3 aromatic carbocycles. The third kappa shape index (κ3) is 10.3. The molecule has 4 heterocycles. The zero-order valence-corrected chi connectivity index (χ0v) is 33.2. The second-order valence-corrected chi connectivity index (χ2v) is 18.4. The molecule has 5 unspecified atom stereocenters. The van der Waals surface area contributed by atoms with Gasteiger partial charge in [0.25, 0.3) is 0 Å². The van der Waals surface area contributed by atoms with Crippen LogP contribution in [-0.2, 0) is 54.0 Å². The van der Waals surface area contributed by atoms with Gasteiger partial charge in [0.05, 0.1) is 12.9 Å². The third-order valence-corrected chi connectivity index (χ3v) is 13.9. The maximum atomic E-state index is 13.0. The molecule has 0 bridgehead atoms. The molecular formula is C34H39N6O12P3S.